The molecule has 0 aromatic heterocycles. The monoisotopic (exact) mass is 415 g/mol. The molecule has 0 rings (SSSR count). The van der Waals surface area contributed by atoms with Gasteiger partial charge < -0.3 is 25.2 Å². The smallest absolute Gasteiger partial charge is 0.191 e. The molecular weight excluding hydrogens is 381 g/mol. The second kappa shape index (κ2) is 16.3. The number of likely N-dealkylation sites (N-methyl/N-ethyl adjacent to an activating group) is 2. The van der Waals surface area contributed by atoms with Crippen molar-refractivity contribution in [3.63, 3.8) is 0 Å². The average Bonchev–Trinajstić information content (AvgIpc) is 2.45. The number of hydrogen-bond acceptors (Lipinski definition) is 4. The molecule has 0 saturated heterocycles. The lowest BCUT2D eigenvalue weighted by Crippen LogP contribution is -2.43. The van der Waals surface area contributed by atoms with Gasteiger partial charge in [-0.05, 0) is 27.1 Å². The van der Waals surface area contributed by atoms with Gasteiger partial charge in [0, 0.05) is 53.5 Å². The summed E-state index contributed by atoms with van der Waals surface area (Å²) in [5, 5.41) is 6.65. The van der Waals surface area contributed by atoms with Crippen LogP contribution < -0.4 is 10.6 Å². The molecule has 0 bridgehead atoms. The number of ether oxygens (including phenoxy) is 1. The molecule has 0 unspecified atom stereocenters. The predicted octanol–water partition coefficient (Wildman–Crippen LogP) is 0.689. The first-order valence-corrected chi connectivity index (χ1v) is 7.44. The van der Waals surface area contributed by atoms with E-state index in [0.29, 0.717) is 0 Å². The van der Waals surface area contributed by atoms with Gasteiger partial charge in [-0.1, -0.05) is 6.92 Å². The highest BCUT2D eigenvalue weighted by molar-refractivity contribution is 14.0. The molecule has 0 aliphatic heterocycles. The fourth-order valence-electron chi connectivity index (χ4n) is 1.70. The number of nitrogens with zero attached hydrogens (tertiary/aromatic N) is 3. The number of methoxy groups -OCH3 is 1. The van der Waals surface area contributed by atoms with Crippen molar-refractivity contribution in [1.82, 2.24) is 20.4 Å². The fraction of sp³-hybridized carbons (Fsp3) is 0.929. The van der Waals surface area contributed by atoms with Crippen LogP contribution in [0.1, 0.15) is 13.3 Å². The molecule has 0 saturated carbocycles. The van der Waals surface area contributed by atoms with Crippen molar-refractivity contribution in [2.45, 2.75) is 13.3 Å². The summed E-state index contributed by atoms with van der Waals surface area (Å²) >= 11 is 0. The number of halogens is 1. The van der Waals surface area contributed by atoms with E-state index in [-0.39, 0.29) is 24.0 Å². The van der Waals surface area contributed by atoms with Gasteiger partial charge in [-0.2, -0.15) is 0 Å². The summed E-state index contributed by atoms with van der Waals surface area (Å²) in [5.74, 6) is 0.875. The van der Waals surface area contributed by atoms with Crippen LogP contribution in [0.4, 0.5) is 0 Å². The molecule has 0 fully saturated rings. The molecule has 6 nitrogen and oxygen atoms in total. The molecule has 0 spiro atoms. The van der Waals surface area contributed by atoms with Crippen molar-refractivity contribution in [3.05, 3.63) is 0 Å². The summed E-state index contributed by atoms with van der Waals surface area (Å²) < 4.78 is 5.05. The lowest BCUT2D eigenvalue weighted by molar-refractivity contribution is 0.180. The molecule has 2 N–H and O–H groups in total. The number of rotatable bonds is 11. The Balaban J connectivity index is 0. The quantitative estimate of drug-likeness (QED) is 0.225. The molecule has 0 atom stereocenters. The molecule has 128 valence electrons. The molecule has 7 heteroatoms. The Labute approximate surface area is 147 Å². The molecule has 0 heterocycles. The molecular formula is C14H34IN5O. The standard InChI is InChI=1S/C14H33N5O.HI/c1-6-18(3)11-8-16-14(15-2)17-9-12-19(4)10-7-13-20-5;/h6-13H2,1-5H3,(H2,15,16,17);1H. The van der Waals surface area contributed by atoms with Crippen LogP contribution >= 0.6 is 24.0 Å². The maximum Gasteiger partial charge on any atom is 0.191 e. The highest BCUT2D eigenvalue weighted by Crippen LogP contribution is 1.87. The molecule has 21 heavy (non-hydrogen) atoms. The Hall–Kier alpha value is -0.120. The van der Waals surface area contributed by atoms with E-state index in [2.05, 4.69) is 46.4 Å². The fourth-order valence-corrected chi connectivity index (χ4v) is 1.70. The van der Waals surface area contributed by atoms with E-state index >= 15 is 0 Å². The Morgan fingerprint density at radius 1 is 1.05 bits per heavy atom. The van der Waals surface area contributed by atoms with Crippen LogP contribution in [0.5, 0.6) is 0 Å². The average molecular weight is 415 g/mol. The molecule has 0 aliphatic carbocycles. The summed E-state index contributed by atoms with van der Waals surface area (Å²) in [6.07, 6.45) is 1.07. The maximum atomic E-state index is 5.05. The van der Waals surface area contributed by atoms with Crippen molar-refractivity contribution in [3.8, 4) is 0 Å². The first-order chi connectivity index (χ1) is 9.63. The first kappa shape index (κ1) is 23.2. The summed E-state index contributed by atoms with van der Waals surface area (Å²) in [6, 6.07) is 0. The number of aliphatic imine (C=N–C) groups is 1. The van der Waals surface area contributed by atoms with E-state index in [0.717, 1.165) is 58.3 Å². The van der Waals surface area contributed by atoms with Crippen molar-refractivity contribution < 1.29 is 4.74 Å². The van der Waals surface area contributed by atoms with Crippen molar-refractivity contribution >= 4 is 29.9 Å². The normalized spacial score (nSPS) is 11.7. The molecule has 0 aromatic carbocycles. The van der Waals surface area contributed by atoms with Crippen molar-refractivity contribution in [1.29, 1.82) is 0 Å². The van der Waals surface area contributed by atoms with Gasteiger partial charge in [-0.3, -0.25) is 4.99 Å². The SMILES string of the molecule is CCN(C)CCNC(=NC)NCCN(C)CCCOC.I. The van der Waals surface area contributed by atoms with Crippen LogP contribution in [0.3, 0.4) is 0 Å². The minimum Gasteiger partial charge on any atom is -0.385 e. The highest BCUT2D eigenvalue weighted by atomic mass is 127. The van der Waals surface area contributed by atoms with Gasteiger partial charge in [0.2, 0.25) is 0 Å². The predicted molar refractivity (Wildman–Crippen MR) is 102 cm³/mol. The van der Waals surface area contributed by atoms with Gasteiger partial charge in [0.25, 0.3) is 0 Å². The summed E-state index contributed by atoms with van der Waals surface area (Å²) in [6.45, 7) is 8.94. The van der Waals surface area contributed by atoms with Crippen LogP contribution in [0, 0.1) is 0 Å². The van der Waals surface area contributed by atoms with Crippen LogP contribution in [0.2, 0.25) is 0 Å². The largest absolute Gasteiger partial charge is 0.385 e. The van der Waals surface area contributed by atoms with Gasteiger partial charge in [-0.25, -0.2) is 0 Å². The molecule has 0 amide bonds. The summed E-state index contributed by atoms with van der Waals surface area (Å²) in [4.78, 5) is 8.78. The third kappa shape index (κ3) is 14.6. The van der Waals surface area contributed by atoms with E-state index < -0.39 is 0 Å². The van der Waals surface area contributed by atoms with Crippen molar-refractivity contribution in [2.75, 3.05) is 74.1 Å². The Morgan fingerprint density at radius 2 is 1.62 bits per heavy atom. The van der Waals surface area contributed by atoms with E-state index in [1.807, 2.05) is 0 Å². The number of nitrogens with one attached hydrogen (secondary N) is 2. The topological polar surface area (TPSA) is 52.1 Å². The third-order valence-electron chi connectivity index (χ3n) is 3.22. The van der Waals surface area contributed by atoms with Crippen LogP contribution in [0.25, 0.3) is 0 Å². The maximum absolute atomic E-state index is 5.05. The lowest BCUT2D eigenvalue weighted by Gasteiger charge is -2.19. The Morgan fingerprint density at radius 3 is 2.10 bits per heavy atom. The van der Waals surface area contributed by atoms with E-state index in [1.54, 1.807) is 14.2 Å². The Kier molecular flexibility index (Phi) is 17.9. The lowest BCUT2D eigenvalue weighted by atomic mass is 10.4. The number of guanidine groups is 1. The van der Waals surface area contributed by atoms with E-state index in [4.69, 9.17) is 4.74 Å². The zero-order valence-electron chi connectivity index (χ0n) is 14.3. The van der Waals surface area contributed by atoms with Crippen molar-refractivity contribution in [2.24, 2.45) is 4.99 Å². The second-order valence-electron chi connectivity index (χ2n) is 4.97. The minimum atomic E-state index is 0. The van der Waals surface area contributed by atoms with E-state index in [1.165, 1.54) is 0 Å². The molecule has 0 aromatic rings. The Bertz CT molecular complexity index is 254. The highest BCUT2D eigenvalue weighted by Gasteiger charge is 2.01. The second-order valence-corrected chi connectivity index (χ2v) is 4.97. The van der Waals surface area contributed by atoms with Crippen LogP contribution in [-0.2, 0) is 4.74 Å². The minimum absolute atomic E-state index is 0. The van der Waals surface area contributed by atoms with E-state index in [9.17, 15) is 0 Å². The van der Waals surface area contributed by atoms with Gasteiger partial charge >= 0.3 is 0 Å². The third-order valence-corrected chi connectivity index (χ3v) is 3.22. The first-order valence-electron chi connectivity index (χ1n) is 7.44. The summed E-state index contributed by atoms with van der Waals surface area (Å²) in [7, 11) is 7.80. The number of hydrogen-bond donors (Lipinski definition) is 2. The molecule has 0 aliphatic rings. The van der Waals surface area contributed by atoms with Gasteiger partial charge in [-0.15, -0.1) is 24.0 Å². The molecule has 0 radical (unpaired) electrons. The van der Waals surface area contributed by atoms with Gasteiger partial charge in [0.1, 0.15) is 0 Å². The van der Waals surface area contributed by atoms with Crippen LogP contribution in [-0.4, -0.2) is 89.9 Å². The zero-order chi connectivity index (χ0) is 15.2. The van der Waals surface area contributed by atoms with Gasteiger partial charge in [0.15, 0.2) is 5.96 Å². The zero-order valence-corrected chi connectivity index (χ0v) is 16.6. The summed E-state index contributed by atoms with van der Waals surface area (Å²) in [5.41, 5.74) is 0. The van der Waals surface area contributed by atoms with Crippen LogP contribution in [0.15, 0.2) is 4.99 Å². The van der Waals surface area contributed by atoms with Gasteiger partial charge in [0.05, 0.1) is 0 Å².